The molecule has 0 fully saturated rings. The average Bonchev–Trinajstić information content (AvgIpc) is 2.63. The highest BCUT2D eigenvalue weighted by atomic mass is 16.6. The first-order valence-corrected chi connectivity index (χ1v) is 9.08. The second kappa shape index (κ2) is 9.32. The van der Waals surface area contributed by atoms with Gasteiger partial charge >= 0.3 is 5.97 Å². The third-order valence-electron chi connectivity index (χ3n) is 4.25. The third kappa shape index (κ3) is 5.29. The van der Waals surface area contributed by atoms with Crippen LogP contribution in [0.5, 0.6) is 11.5 Å². The van der Waals surface area contributed by atoms with E-state index >= 15 is 0 Å². The molecule has 0 saturated carbocycles. The minimum Gasteiger partial charge on any atom is -0.492 e. The van der Waals surface area contributed by atoms with Crippen LogP contribution in [0.1, 0.15) is 41.3 Å². The molecule has 2 aromatic rings. The predicted octanol–water partition coefficient (Wildman–Crippen LogP) is 4.19. The van der Waals surface area contributed by atoms with Crippen LogP contribution in [-0.4, -0.2) is 43.0 Å². The van der Waals surface area contributed by atoms with Crippen LogP contribution in [0.25, 0.3) is 0 Å². The number of carbonyl (C=O) groups excluding carboxylic acids is 1. The summed E-state index contributed by atoms with van der Waals surface area (Å²) in [4.78, 5) is 25.1. The van der Waals surface area contributed by atoms with Gasteiger partial charge in [-0.15, -0.1) is 0 Å². The summed E-state index contributed by atoms with van der Waals surface area (Å²) in [5, 5.41) is 11.2. The Bertz CT molecular complexity index is 862. The molecule has 0 saturated heterocycles. The van der Waals surface area contributed by atoms with Crippen LogP contribution in [0.4, 0.5) is 5.69 Å². The van der Waals surface area contributed by atoms with Gasteiger partial charge in [-0.1, -0.05) is 26.0 Å². The summed E-state index contributed by atoms with van der Waals surface area (Å²) < 4.78 is 11.4. The van der Waals surface area contributed by atoms with Crippen molar-refractivity contribution in [2.45, 2.75) is 26.7 Å². The molecule has 7 heteroatoms. The molecule has 150 valence electrons. The fourth-order valence-corrected chi connectivity index (χ4v) is 2.66. The molecule has 0 N–H and O–H groups in total. The molecule has 0 radical (unpaired) electrons. The number of para-hydroxylation sites is 1. The van der Waals surface area contributed by atoms with Crippen molar-refractivity contribution in [1.82, 2.24) is 4.90 Å². The Kier molecular flexibility index (Phi) is 7.12. The van der Waals surface area contributed by atoms with Crippen molar-refractivity contribution in [2.24, 2.45) is 0 Å². The molecule has 2 rings (SSSR count). The number of ether oxygens (including phenoxy) is 2. The van der Waals surface area contributed by atoms with Gasteiger partial charge in [0, 0.05) is 18.2 Å². The van der Waals surface area contributed by atoms with Crippen LogP contribution < -0.4 is 9.47 Å². The molecule has 0 amide bonds. The summed E-state index contributed by atoms with van der Waals surface area (Å²) >= 11 is 0. The maximum Gasteiger partial charge on any atom is 0.350 e. The fourth-order valence-electron chi connectivity index (χ4n) is 2.66. The number of carbonyl (C=O) groups is 1. The number of nitro groups is 1. The van der Waals surface area contributed by atoms with Gasteiger partial charge < -0.3 is 14.4 Å². The second-order valence-electron chi connectivity index (χ2n) is 7.13. The minimum atomic E-state index is -0.758. The van der Waals surface area contributed by atoms with Crippen LogP contribution in [0.3, 0.4) is 0 Å². The molecule has 0 aliphatic heterocycles. The number of esters is 1. The number of benzene rings is 2. The Labute approximate surface area is 165 Å². The Morgan fingerprint density at radius 2 is 1.86 bits per heavy atom. The molecule has 0 heterocycles. The maximum atomic E-state index is 12.5. The largest absolute Gasteiger partial charge is 0.492 e. The molecule has 7 nitrogen and oxygen atoms in total. The molecular formula is C21H26N2O5. The molecule has 0 aliphatic rings. The van der Waals surface area contributed by atoms with E-state index in [-0.39, 0.29) is 17.2 Å². The lowest BCUT2D eigenvalue weighted by atomic mass is 9.99. The average molecular weight is 386 g/mol. The van der Waals surface area contributed by atoms with Gasteiger partial charge in [0.05, 0.1) is 4.92 Å². The number of rotatable bonds is 8. The van der Waals surface area contributed by atoms with Gasteiger partial charge in [0.2, 0.25) is 0 Å². The Morgan fingerprint density at radius 3 is 2.46 bits per heavy atom. The number of hydrogen-bond donors (Lipinski definition) is 0. The first kappa shape index (κ1) is 21.4. The molecule has 28 heavy (non-hydrogen) atoms. The van der Waals surface area contributed by atoms with E-state index in [1.54, 1.807) is 12.1 Å². The number of nitrogens with zero attached hydrogens (tertiary/aromatic N) is 2. The fraction of sp³-hybridized carbons (Fsp3) is 0.381. The number of hydrogen-bond acceptors (Lipinski definition) is 6. The SMILES string of the molecule is Cc1cc(OCCN(C)C)c(C(C)C)cc1OC(=O)c1ccccc1[N+](=O)[O-]. The zero-order valence-electron chi connectivity index (χ0n) is 16.9. The van der Waals surface area contributed by atoms with Crippen LogP contribution in [-0.2, 0) is 0 Å². The van der Waals surface area contributed by atoms with E-state index in [0.29, 0.717) is 12.4 Å². The summed E-state index contributed by atoms with van der Waals surface area (Å²) in [5.41, 5.74) is 1.27. The van der Waals surface area contributed by atoms with Gasteiger partial charge in [0.15, 0.2) is 0 Å². The third-order valence-corrected chi connectivity index (χ3v) is 4.25. The maximum absolute atomic E-state index is 12.5. The van der Waals surface area contributed by atoms with Crippen LogP contribution in [0.15, 0.2) is 36.4 Å². The van der Waals surface area contributed by atoms with Gasteiger partial charge in [-0.05, 0) is 50.7 Å². The molecular weight excluding hydrogens is 360 g/mol. The zero-order valence-corrected chi connectivity index (χ0v) is 16.9. The highest BCUT2D eigenvalue weighted by Crippen LogP contribution is 2.34. The number of aryl methyl sites for hydroxylation is 1. The lowest BCUT2D eigenvalue weighted by molar-refractivity contribution is -0.385. The minimum absolute atomic E-state index is 0.0793. The van der Waals surface area contributed by atoms with Gasteiger partial charge in [0.25, 0.3) is 5.69 Å². The van der Waals surface area contributed by atoms with Crippen molar-refractivity contribution < 1.29 is 19.2 Å². The number of likely N-dealkylation sites (N-methyl/N-ethyl adjacent to an activating group) is 1. The predicted molar refractivity (Wildman–Crippen MR) is 107 cm³/mol. The first-order valence-electron chi connectivity index (χ1n) is 9.08. The summed E-state index contributed by atoms with van der Waals surface area (Å²) in [7, 11) is 3.95. The van der Waals surface area contributed by atoms with E-state index in [2.05, 4.69) is 0 Å². The van der Waals surface area contributed by atoms with Crippen LogP contribution in [0.2, 0.25) is 0 Å². The molecule has 0 aliphatic carbocycles. The van der Waals surface area contributed by atoms with Crippen molar-refractivity contribution in [1.29, 1.82) is 0 Å². The van der Waals surface area contributed by atoms with Gasteiger partial charge in [-0.25, -0.2) is 4.79 Å². The van der Waals surface area contributed by atoms with Crippen LogP contribution >= 0.6 is 0 Å². The molecule has 0 aromatic heterocycles. The quantitative estimate of drug-likeness (QED) is 0.293. The van der Waals surface area contributed by atoms with Gasteiger partial charge in [-0.2, -0.15) is 0 Å². The standard InChI is InChI=1S/C21H26N2O5/c1-14(2)17-13-19(15(3)12-20(17)27-11-10-22(4)5)28-21(24)16-8-6-7-9-18(16)23(25)26/h6-9,12-14H,10-11H2,1-5H3. The molecule has 2 aromatic carbocycles. The van der Waals surface area contributed by atoms with E-state index in [9.17, 15) is 14.9 Å². The number of nitro benzene ring substituents is 1. The second-order valence-corrected chi connectivity index (χ2v) is 7.13. The summed E-state index contributed by atoms with van der Waals surface area (Å²) in [5.74, 6) is 0.511. The van der Waals surface area contributed by atoms with Crippen molar-refractivity contribution in [3.63, 3.8) is 0 Å². The van der Waals surface area contributed by atoms with Gasteiger partial charge in [-0.3, -0.25) is 10.1 Å². The van der Waals surface area contributed by atoms with E-state index in [1.807, 2.05) is 45.8 Å². The van der Waals surface area contributed by atoms with Crippen molar-refractivity contribution in [2.75, 3.05) is 27.2 Å². The monoisotopic (exact) mass is 386 g/mol. The normalized spacial score (nSPS) is 11.0. The summed E-state index contributed by atoms with van der Waals surface area (Å²) in [6.07, 6.45) is 0. The lowest BCUT2D eigenvalue weighted by Crippen LogP contribution is -2.20. The molecule has 0 unspecified atom stereocenters. The molecule has 0 bridgehead atoms. The van der Waals surface area contributed by atoms with E-state index in [1.165, 1.54) is 18.2 Å². The zero-order chi connectivity index (χ0) is 20.8. The van der Waals surface area contributed by atoms with Crippen molar-refractivity contribution in [3.05, 3.63) is 63.2 Å². The first-order chi connectivity index (χ1) is 13.2. The Hall–Kier alpha value is -2.93. The smallest absolute Gasteiger partial charge is 0.350 e. The Morgan fingerprint density at radius 1 is 1.18 bits per heavy atom. The van der Waals surface area contributed by atoms with E-state index < -0.39 is 10.9 Å². The lowest BCUT2D eigenvalue weighted by Gasteiger charge is -2.18. The van der Waals surface area contributed by atoms with E-state index in [4.69, 9.17) is 9.47 Å². The highest BCUT2D eigenvalue weighted by Gasteiger charge is 2.22. The topological polar surface area (TPSA) is 81.9 Å². The van der Waals surface area contributed by atoms with Gasteiger partial charge in [0.1, 0.15) is 23.7 Å². The summed E-state index contributed by atoms with van der Waals surface area (Å²) in [6.45, 7) is 7.19. The van der Waals surface area contributed by atoms with E-state index in [0.717, 1.165) is 23.4 Å². The highest BCUT2D eigenvalue weighted by molar-refractivity contribution is 5.95. The molecule has 0 atom stereocenters. The Balaban J connectivity index is 2.30. The molecule has 0 spiro atoms. The van der Waals surface area contributed by atoms with Crippen molar-refractivity contribution >= 4 is 11.7 Å². The summed E-state index contributed by atoms with van der Waals surface area (Å²) in [6, 6.07) is 9.36. The van der Waals surface area contributed by atoms with Crippen LogP contribution in [0, 0.1) is 17.0 Å². The van der Waals surface area contributed by atoms with Crippen molar-refractivity contribution in [3.8, 4) is 11.5 Å².